The van der Waals surface area contributed by atoms with E-state index in [1.165, 1.54) is 13.1 Å². The largest absolute Gasteiger partial charge is 0.446 e. The Morgan fingerprint density at radius 2 is 2.11 bits per heavy atom. The lowest BCUT2D eigenvalue weighted by Crippen LogP contribution is -2.17. The summed E-state index contributed by atoms with van der Waals surface area (Å²) in [4.78, 5) is 4.07. The first-order chi connectivity index (χ1) is 9.01. The standard InChI is InChI=1S/C11H12BrN3O3S/c1-13-19(16,17)11-5-3-9(18-11)7-14-8-2-4-10(12)15-6-8/h2-6,13-14H,7H2,1H3. The molecule has 0 aliphatic heterocycles. The first-order valence-corrected chi connectivity index (χ1v) is 7.66. The van der Waals surface area contributed by atoms with Crippen molar-refractivity contribution in [2.24, 2.45) is 0 Å². The third-order valence-corrected chi connectivity index (χ3v) is 4.12. The Bertz CT molecular complexity index is 652. The van der Waals surface area contributed by atoms with Crippen molar-refractivity contribution in [2.75, 3.05) is 12.4 Å². The van der Waals surface area contributed by atoms with Crippen molar-refractivity contribution in [3.63, 3.8) is 0 Å². The number of anilines is 1. The molecule has 0 amide bonds. The molecular weight excluding hydrogens is 334 g/mol. The summed E-state index contributed by atoms with van der Waals surface area (Å²) in [6.07, 6.45) is 1.66. The van der Waals surface area contributed by atoms with Gasteiger partial charge in [0.1, 0.15) is 10.4 Å². The molecule has 2 aromatic heterocycles. The van der Waals surface area contributed by atoms with Gasteiger partial charge in [-0.05, 0) is 47.2 Å². The van der Waals surface area contributed by atoms with Gasteiger partial charge in [-0.2, -0.15) is 0 Å². The van der Waals surface area contributed by atoms with E-state index >= 15 is 0 Å². The molecule has 8 heteroatoms. The fourth-order valence-electron chi connectivity index (χ4n) is 1.37. The van der Waals surface area contributed by atoms with Crippen LogP contribution in [0.3, 0.4) is 0 Å². The zero-order valence-corrected chi connectivity index (χ0v) is 12.5. The van der Waals surface area contributed by atoms with E-state index in [2.05, 4.69) is 31.0 Å². The van der Waals surface area contributed by atoms with E-state index < -0.39 is 10.0 Å². The van der Waals surface area contributed by atoms with Crippen molar-refractivity contribution in [1.82, 2.24) is 9.71 Å². The maximum atomic E-state index is 11.5. The van der Waals surface area contributed by atoms with E-state index in [1.54, 1.807) is 18.3 Å². The van der Waals surface area contributed by atoms with Crippen LogP contribution in [-0.2, 0) is 16.6 Å². The molecule has 102 valence electrons. The number of halogens is 1. The lowest BCUT2D eigenvalue weighted by Gasteiger charge is -2.03. The Balaban J connectivity index is 2.03. The highest BCUT2D eigenvalue weighted by molar-refractivity contribution is 9.10. The van der Waals surface area contributed by atoms with Crippen LogP contribution in [0.1, 0.15) is 5.76 Å². The number of aromatic nitrogens is 1. The Kier molecular flexibility index (Phi) is 4.23. The molecule has 2 N–H and O–H groups in total. The van der Waals surface area contributed by atoms with E-state index in [4.69, 9.17) is 4.42 Å². The number of hydrogen-bond donors (Lipinski definition) is 2. The minimum atomic E-state index is -3.53. The molecule has 0 fully saturated rings. The Morgan fingerprint density at radius 3 is 2.74 bits per heavy atom. The summed E-state index contributed by atoms with van der Waals surface area (Å²) >= 11 is 3.24. The fourth-order valence-corrected chi connectivity index (χ4v) is 2.27. The maximum Gasteiger partial charge on any atom is 0.273 e. The summed E-state index contributed by atoms with van der Waals surface area (Å²) in [6.45, 7) is 0.378. The Morgan fingerprint density at radius 1 is 1.32 bits per heavy atom. The van der Waals surface area contributed by atoms with E-state index in [0.717, 1.165) is 10.3 Å². The second-order valence-corrected chi connectivity index (χ2v) is 6.28. The van der Waals surface area contributed by atoms with Gasteiger partial charge < -0.3 is 9.73 Å². The van der Waals surface area contributed by atoms with Crippen molar-refractivity contribution in [3.05, 3.63) is 40.8 Å². The second-order valence-electron chi connectivity index (χ2n) is 3.65. The minimum Gasteiger partial charge on any atom is -0.446 e. The number of rotatable bonds is 5. The van der Waals surface area contributed by atoms with Gasteiger partial charge in [-0.15, -0.1) is 0 Å². The van der Waals surface area contributed by atoms with Crippen molar-refractivity contribution in [3.8, 4) is 0 Å². The smallest absolute Gasteiger partial charge is 0.273 e. The minimum absolute atomic E-state index is 0.0965. The quantitative estimate of drug-likeness (QED) is 0.809. The highest BCUT2D eigenvalue weighted by Crippen LogP contribution is 2.16. The van der Waals surface area contributed by atoms with Gasteiger partial charge >= 0.3 is 0 Å². The SMILES string of the molecule is CNS(=O)(=O)c1ccc(CNc2ccc(Br)nc2)o1. The number of nitrogens with zero attached hydrogens (tertiary/aromatic N) is 1. The van der Waals surface area contributed by atoms with Crippen LogP contribution >= 0.6 is 15.9 Å². The molecule has 0 aromatic carbocycles. The summed E-state index contributed by atoms with van der Waals surface area (Å²) in [5.74, 6) is 0.525. The Hall–Kier alpha value is -1.38. The van der Waals surface area contributed by atoms with Gasteiger partial charge in [0.2, 0.25) is 5.09 Å². The summed E-state index contributed by atoms with van der Waals surface area (Å²) in [5, 5.41) is 2.98. The monoisotopic (exact) mass is 345 g/mol. The molecule has 6 nitrogen and oxygen atoms in total. The van der Waals surface area contributed by atoms with E-state index in [1.807, 2.05) is 6.07 Å². The van der Waals surface area contributed by atoms with E-state index in [0.29, 0.717) is 12.3 Å². The lowest BCUT2D eigenvalue weighted by atomic mass is 10.4. The Labute approximate surface area is 119 Å². The zero-order valence-electron chi connectivity index (χ0n) is 10.1. The number of furan rings is 1. The zero-order chi connectivity index (χ0) is 13.9. The van der Waals surface area contributed by atoms with Crippen LogP contribution in [0, 0.1) is 0 Å². The predicted molar refractivity (Wildman–Crippen MR) is 74.2 cm³/mol. The molecule has 0 aliphatic carbocycles. The number of hydrogen-bond acceptors (Lipinski definition) is 5. The molecule has 0 aliphatic rings. The molecule has 0 saturated carbocycles. The highest BCUT2D eigenvalue weighted by Gasteiger charge is 2.15. The van der Waals surface area contributed by atoms with Crippen LogP contribution in [0.4, 0.5) is 5.69 Å². The van der Waals surface area contributed by atoms with Crippen molar-refractivity contribution >= 4 is 31.6 Å². The lowest BCUT2D eigenvalue weighted by molar-refractivity contribution is 0.417. The van der Waals surface area contributed by atoms with Crippen molar-refractivity contribution in [2.45, 2.75) is 11.6 Å². The molecule has 19 heavy (non-hydrogen) atoms. The van der Waals surface area contributed by atoms with Gasteiger partial charge in [-0.3, -0.25) is 0 Å². The van der Waals surface area contributed by atoms with Crippen LogP contribution in [-0.4, -0.2) is 20.4 Å². The molecule has 2 heterocycles. The maximum absolute atomic E-state index is 11.5. The normalized spacial score (nSPS) is 11.5. The van der Waals surface area contributed by atoms with Gasteiger partial charge in [0, 0.05) is 0 Å². The molecule has 0 unspecified atom stereocenters. The fraction of sp³-hybridized carbons (Fsp3) is 0.182. The summed E-state index contributed by atoms with van der Waals surface area (Å²) in [6, 6.07) is 6.69. The summed E-state index contributed by atoms with van der Waals surface area (Å²) in [5.41, 5.74) is 0.817. The first-order valence-electron chi connectivity index (χ1n) is 5.39. The third-order valence-electron chi connectivity index (χ3n) is 2.36. The van der Waals surface area contributed by atoms with E-state index in [9.17, 15) is 8.42 Å². The number of pyridine rings is 1. The average molecular weight is 346 g/mol. The highest BCUT2D eigenvalue weighted by atomic mass is 79.9. The molecule has 2 rings (SSSR count). The number of nitrogens with one attached hydrogen (secondary N) is 2. The molecule has 0 saturated heterocycles. The summed E-state index contributed by atoms with van der Waals surface area (Å²) in [7, 11) is -2.19. The number of sulfonamides is 1. The van der Waals surface area contributed by atoms with Crippen LogP contribution in [0.15, 0.2) is 44.6 Å². The van der Waals surface area contributed by atoms with Gasteiger partial charge in [0.15, 0.2) is 0 Å². The van der Waals surface area contributed by atoms with Gasteiger partial charge in [0.05, 0.1) is 18.4 Å². The predicted octanol–water partition coefficient (Wildman–Crippen LogP) is 1.96. The molecule has 0 spiro atoms. The molecule has 0 radical (unpaired) electrons. The molecule has 2 aromatic rings. The van der Waals surface area contributed by atoms with E-state index in [-0.39, 0.29) is 5.09 Å². The summed E-state index contributed by atoms with van der Waals surface area (Å²) < 4.78 is 31.2. The second kappa shape index (κ2) is 5.72. The molecular formula is C11H12BrN3O3S. The first kappa shape index (κ1) is 14.0. The van der Waals surface area contributed by atoms with Crippen molar-refractivity contribution < 1.29 is 12.8 Å². The van der Waals surface area contributed by atoms with Crippen LogP contribution in [0.25, 0.3) is 0 Å². The van der Waals surface area contributed by atoms with Crippen LogP contribution in [0.5, 0.6) is 0 Å². The van der Waals surface area contributed by atoms with Crippen molar-refractivity contribution in [1.29, 1.82) is 0 Å². The molecule has 0 bridgehead atoms. The average Bonchev–Trinajstić information content (AvgIpc) is 2.88. The topological polar surface area (TPSA) is 84.2 Å². The van der Waals surface area contributed by atoms with Gasteiger partial charge in [-0.25, -0.2) is 18.1 Å². The van der Waals surface area contributed by atoms with Crippen LogP contribution < -0.4 is 10.0 Å². The third kappa shape index (κ3) is 3.55. The molecule has 0 atom stereocenters. The van der Waals surface area contributed by atoms with Gasteiger partial charge in [-0.1, -0.05) is 0 Å². The van der Waals surface area contributed by atoms with Crippen LogP contribution in [0.2, 0.25) is 0 Å². The van der Waals surface area contributed by atoms with Gasteiger partial charge in [0.25, 0.3) is 10.0 Å².